The van der Waals surface area contributed by atoms with Gasteiger partial charge in [-0.2, -0.15) is 13.2 Å². The number of anilines is 1. The molecular weight excluding hydrogens is 587 g/mol. The molecule has 0 spiro atoms. The number of carbonyl (C=O) groups is 2. The number of rotatable bonds is 12. The number of carbonyl (C=O) groups excluding carboxylic acids is 2. The van der Waals surface area contributed by atoms with Crippen LogP contribution in [0.1, 0.15) is 31.9 Å². The minimum atomic E-state index is -4.40. The highest BCUT2D eigenvalue weighted by atomic mass is 32.2. The number of benzene rings is 2. The molecule has 0 fully saturated rings. The van der Waals surface area contributed by atoms with E-state index in [9.17, 15) is 31.2 Å². The van der Waals surface area contributed by atoms with Gasteiger partial charge in [-0.15, -0.1) is 4.31 Å². The first-order valence-corrected chi connectivity index (χ1v) is 15.4. The fourth-order valence-electron chi connectivity index (χ4n) is 3.87. The molecule has 1 aromatic heterocycles. The fourth-order valence-corrected chi connectivity index (χ4v) is 5.42. The summed E-state index contributed by atoms with van der Waals surface area (Å²) in [5.74, 6) is -0.997. The monoisotopic (exact) mass is 631 g/mol. The van der Waals surface area contributed by atoms with Crippen LogP contribution in [-0.2, 0) is 32.2 Å². The molecule has 238 valence electrons. The van der Waals surface area contributed by atoms with Crippen LogP contribution in [0.25, 0.3) is 10.9 Å². The number of quaternary nitrogens is 3. The normalized spacial score (nSPS) is 12.7. The van der Waals surface area contributed by atoms with Crippen LogP contribution in [0.4, 0.5) is 18.9 Å². The molecule has 1 heterocycles. The van der Waals surface area contributed by atoms with Crippen molar-refractivity contribution < 1.29 is 53.4 Å². The third-order valence-electron chi connectivity index (χ3n) is 5.93. The molecule has 0 saturated carbocycles. The van der Waals surface area contributed by atoms with Gasteiger partial charge in [-0.25, -0.2) is 13.4 Å². The molecule has 0 radical (unpaired) electrons. The molecular formula is C28H44F3N7O4S+4. The van der Waals surface area contributed by atoms with Crippen molar-refractivity contribution in [1.29, 1.82) is 0 Å². The van der Waals surface area contributed by atoms with Gasteiger partial charge in [0.15, 0.2) is 12.2 Å². The van der Waals surface area contributed by atoms with Crippen molar-refractivity contribution in [2.45, 2.75) is 45.5 Å². The van der Waals surface area contributed by atoms with E-state index in [2.05, 4.69) is 32.8 Å². The Morgan fingerprint density at radius 3 is 2.28 bits per heavy atom. The average Bonchev–Trinajstić information content (AvgIpc) is 2.96. The second kappa shape index (κ2) is 18.1. The molecule has 0 aliphatic heterocycles. The summed E-state index contributed by atoms with van der Waals surface area (Å²) >= 11 is 0. The summed E-state index contributed by atoms with van der Waals surface area (Å²) < 4.78 is 63.5. The second-order valence-corrected chi connectivity index (χ2v) is 11.3. The third-order valence-corrected chi connectivity index (χ3v) is 7.90. The number of aromatic nitrogens is 1. The van der Waals surface area contributed by atoms with Crippen LogP contribution in [-0.4, -0.2) is 62.6 Å². The van der Waals surface area contributed by atoms with Crippen molar-refractivity contribution in [1.82, 2.24) is 9.62 Å². The summed E-state index contributed by atoms with van der Waals surface area (Å²) in [6, 6.07) is 13.0. The second-order valence-electron chi connectivity index (χ2n) is 9.27. The van der Waals surface area contributed by atoms with E-state index in [4.69, 9.17) is 0 Å². The number of nitrogens with zero attached hydrogens (tertiary/aromatic N) is 1. The van der Waals surface area contributed by atoms with Crippen LogP contribution in [0, 0.1) is 0 Å². The number of fused-ring (bicyclic) bond motifs is 1. The molecule has 15 heteroatoms. The highest BCUT2D eigenvalue weighted by molar-refractivity contribution is 7.89. The zero-order chi connectivity index (χ0) is 32.6. The number of aromatic amines is 1. The first kappa shape index (κ1) is 37.4. The number of halogens is 3. The van der Waals surface area contributed by atoms with Gasteiger partial charge in [-0.1, -0.05) is 38.1 Å². The fraction of sp³-hybridized carbons (Fsp3) is 0.393. The molecule has 12 N–H and O–H groups in total. The van der Waals surface area contributed by atoms with Gasteiger partial charge in [0.2, 0.25) is 22.0 Å². The molecule has 0 bridgehead atoms. The summed E-state index contributed by atoms with van der Waals surface area (Å²) in [7, 11) is -3.69. The van der Waals surface area contributed by atoms with E-state index in [1.54, 1.807) is 13.1 Å². The number of sulfonamides is 1. The topological polar surface area (TPSA) is 193 Å². The first-order valence-electron chi connectivity index (χ1n) is 13.8. The number of hydrogen-bond acceptors (Lipinski definition) is 4. The molecule has 2 unspecified atom stereocenters. The van der Waals surface area contributed by atoms with E-state index in [0.29, 0.717) is 24.9 Å². The number of nitrogens with one attached hydrogen (secondary N) is 3. The Kier molecular flexibility index (Phi) is 15.8. The summed E-state index contributed by atoms with van der Waals surface area (Å²) in [5, 5.41) is 6.32. The van der Waals surface area contributed by atoms with Crippen LogP contribution < -0.4 is 32.8 Å². The zero-order valence-corrected chi connectivity index (χ0v) is 25.6. The van der Waals surface area contributed by atoms with Crippen molar-refractivity contribution in [2.24, 2.45) is 0 Å². The Balaban J connectivity index is 0.000000507. The van der Waals surface area contributed by atoms with E-state index < -0.39 is 45.5 Å². The standard InChI is InChI=1S/C16H26F3N5O3S.C10H8N2O.C2H6/c1-11(8-12-2-4-13(5-3-12)16(17,18)19)23-15(25)14(22)9-28(26,27)24(10-21)7-6-20;13-7-12-9-5-8-3-1-2-4-10(8)11-6-9;1-2/h2-5,11,14H,6-10,20-22H2,1H3,(H,23,25);1-7H,(H,12,13);1-2H3/p+4. The third kappa shape index (κ3) is 12.6. The Bertz CT molecular complexity index is 1390. The van der Waals surface area contributed by atoms with Gasteiger partial charge in [0.1, 0.15) is 18.1 Å². The largest absolute Gasteiger partial charge is 0.416 e. The number of H-pyrrole nitrogens is 1. The first-order chi connectivity index (χ1) is 20.3. The van der Waals surface area contributed by atoms with Crippen molar-refractivity contribution in [3.63, 3.8) is 0 Å². The maximum Gasteiger partial charge on any atom is 0.416 e. The molecule has 0 aliphatic rings. The van der Waals surface area contributed by atoms with Gasteiger partial charge in [-0.3, -0.25) is 9.59 Å². The number of alkyl halides is 3. The lowest BCUT2D eigenvalue weighted by Crippen LogP contribution is -2.72. The van der Waals surface area contributed by atoms with Crippen molar-refractivity contribution in [3.8, 4) is 0 Å². The van der Waals surface area contributed by atoms with Crippen molar-refractivity contribution >= 4 is 38.9 Å². The molecule has 43 heavy (non-hydrogen) atoms. The zero-order valence-electron chi connectivity index (χ0n) is 24.8. The van der Waals surface area contributed by atoms with Gasteiger partial charge < -0.3 is 27.8 Å². The molecule has 11 nitrogen and oxygen atoms in total. The molecule has 3 aromatic rings. The Hall–Kier alpha value is -3.63. The smallest absolute Gasteiger partial charge is 0.356 e. The number of hydrogen-bond donors (Lipinski definition) is 5. The number of para-hydroxylation sites is 1. The van der Waals surface area contributed by atoms with E-state index in [1.165, 1.54) is 12.1 Å². The van der Waals surface area contributed by atoms with E-state index in [-0.39, 0.29) is 13.2 Å². The molecule has 2 amide bonds. The van der Waals surface area contributed by atoms with Gasteiger partial charge in [0.05, 0.1) is 18.7 Å². The molecule has 2 aromatic carbocycles. The van der Waals surface area contributed by atoms with E-state index in [0.717, 1.165) is 33.0 Å². The maximum absolute atomic E-state index is 12.6. The lowest BCUT2D eigenvalue weighted by Gasteiger charge is -2.19. The molecule has 0 saturated heterocycles. The van der Waals surface area contributed by atoms with E-state index >= 15 is 0 Å². The summed E-state index contributed by atoms with van der Waals surface area (Å²) in [5.41, 5.74) is 12.5. The molecule has 2 atom stereocenters. The quantitative estimate of drug-likeness (QED) is 0.135. The molecule has 3 rings (SSSR count). The van der Waals surface area contributed by atoms with Gasteiger partial charge in [0, 0.05) is 17.5 Å². The van der Waals surface area contributed by atoms with Crippen LogP contribution in [0.3, 0.4) is 0 Å². The summed E-state index contributed by atoms with van der Waals surface area (Å²) in [4.78, 5) is 25.5. The summed E-state index contributed by atoms with van der Waals surface area (Å²) in [6.07, 6.45) is -1.68. The van der Waals surface area contributed by atoms with Gasteiger partial charge >= 0.3 is 6.18 Å². The minimum Gasteiger partial charge on any atom is -0.356 e. The lowest BCUT2D eigenvalue weighted by atomic mass is 10.0. The predicted octanol–water partition coefficient (Wildman–Crippen LogP) is -0.315. The predicted molar refractivity (Wildman–Crippen MR) is 157 cm³/mol. The Labute approximate surface area is 250 Å². The van der Waals surface area contributed by atoms with E-state index in [1.807, 2.05) is 44.2 Å². The lowest BCUT2D eigenvalue weighted by molar-refractivity contribution is -0.404. The van der Waals surface area contributed by atoms with Crippen molar-refractivity contribution in [3.05, 3.63) is 71.9 Å². The summed E-state index contributed by atoms with van der Waals surface area (Å²) in [6.45, 7) is 6.32. The van der Waals surface area contributed by atoms with Crippen molar-refractivity contribution in [2.75, 3.05) is 30.8 Å². The highest BCUT2D eigenvalue weighted by Gasteiger charge is 2.32. The molecule has 0 aliphatic carbocycles. The Morgan fingerprint density at radius 1 is 1.09 bits per heavy atom. The van der Waals surface area contributed by atoms with Crippen LogP contribution in [0.15, 0.2) is 60.8 Å². The average molecular weight is 632 g/mol. The number of pyridine rings is 1. The van der Waals surface area contributed by atoms with Gasteiger partial charge in [-0.05, 0) is 43.2 Å². The Morgan fingerprint density at radius 2 is 1.72 bits per heavy atom. The van der Waals surface area contributed by atoms with Gasteiger partial charge in [0.25, 0.3) is 5.91 Å². The van der Waals surface area contributed by atoms with Crippen LogP contribution in [0.5, 0.6) is 0 Å². The number of amides is 2. The van der Waals surface area contributed by atoms with Crippen LogP contribution in [0.2, 0.25) is 0 Å². The minimum absolute atomic E-state index is 0.0382. The SMILES string of the molecule is CC.CC(Cc1ccc(C(F)(F)F)cc1)NC(=O)C([NH3+])CS(=O)(=O)N(C[NH3+])CC[NH3+].O=CNc1c[nH+]c2ccccc2c1. The van der Waals surface area contributed by atoms with Crippen LogP contribution >= 0.6 is 0 Å². The highest BCUT2D eigenvalue weighted by Crippen LogP contribution is 2.29. The maximum atomic E-state index is 12.6.